The monoisotopic (exact) mass is 376 g/mol. The maximum Gasteiger partial charge on any atom is 0.406 e. The molecule has 2 aromatic heterocycles. The van der Waals surface area contributed by atoms with Crippen LogP contribution in [0.15, 0.2) is 16.8 Å². The summed E-state index contributed by atoms with van der Waals surface area (Å²) in [6, 6.07) is 1.97. The smallest absolute Gasteiger partial charge is 0.372 e. The minimum atomic E-state index is -4.49. The molecule has 2 aromatic rings. The molecule has 3 rings (SSSR count). The lowest BCUT2D eigenvalue weighted by Gasteiger charge is -2.26. The highest BCUT2D eigenvalue weighted by Crippen LogP contribution is 2.35. The Labute approximate surface area is 144 Å². The quantitative estimate of drug-likeness (QED) is 0.806. The van der Waals surface area contributed by atoms with Crippen molar-refractivity contribution in [3.05, 3.63) is 33.0 Å². The average molecular weight is 376 g/mol. The second-order valence-electron chi connectivity index (χ2n) is 5.49. The Kier molecular flexibility index (Phi) is 4.93. The van der Waals surface area contributed by atoms with Crippen molar-refractivity contribution in [2.75, 3.05) is 18.1 Å². The zero-order valence-corrected chi connectivity index (χ0v) is 14.4. The van der Waals surface area contributed by atoms with E-state index >= 15 is 0 Å². The molecule has 9 heteroatoms. The number of carbonyl (C=O) groups excluding carboxylic acids is 1. The van der Waals surface area contributed by atoms with Crippen LogP contribution >= 0.6 is 22.7 Å². The summed E-state index contributed by atoms with van der Waals surface area (Å²) in [4.78, 5) is 18.2. The molecule has 0 fully saturated rings. The highest BCUT2D eigenvalue weighted by molar-refractivity contribution is 7.14. The molecule has 1 amide bonds. The van der Waals surface area contributed by atoms with Crippen molar-refractivity contribution in [1.82, 2.24) is 4.98 Å². The summed E-state index contributed by atoms with van der Waals surface area (Å²) in [6.07, 6.45) is -4.33. The van der Waals surface area contributed by atoms with Gasteiger partial charge in [0.05, 0.1) is 18.7 Å². The molecule has 24 heavy (non-hydrogen) atoms. The summed E-state index contributed by atoms with van der Waals surface area (Å²) in [5.41, 5.74) is 1.70. The zero-order chi connectivity index (χ0) is 17.3. The molecular weight excluding hydrogens is 361 g/mol. The van der Waals surface area contributed by atoms with Crippen molar-refractivity contribution < 1.29 is 22.7 Å². The van der Waals surface area contributed by atoms with Gasteiger partial charge in [0, 0.05) is 10.3 Å². The number of anilines is 1. The third kappa shape index (κ3) is 3.96. The number of carbonyl (C=O) groups is 1. The molecule has 130 valence electrons. The minimum Gasteiger partial charge on any atom is -0.372 e. The van der Waals surface area contributed by atoms with Gasteiger partial charge in [-0.05, 0) is 30.4 Å². The van der Waals surface area contributed by atoms with Crippen LogP contribution in [0.25, 0.3) is 0 Å². The Hall–Kier alpha value is -1.45. The highest BCUT2D eigenvalue weighted by Gasteiger charge is 2.36. The van der Waals surface area contributed by atoms with Gasteiger partial charge in [-0.25, -0.2) is 4.98 Å². The van der Waals surface area contributed by atoms with E-state index in [0.717, 1.165) is 28.2 Å². The van der Waals surface area contributed by atoms with E-state index in [0.29, 0.717) is 17.2 Å². The number of halogens is 3. The number of alkyl halides is 3. The van der Waals surface area contributed by atoms with Gasteiger partial charge in [-0.2, -0.15) is 13.2 Å². The number of ether oxygens (including phenoxy) is 1. The molecule has 0 saturated carbocycles. The van der Waals surface area contributed by atoms with Crippen LogP contribution in [0, 0.1) is 6.92 Å². The Balaban J connectivity index is 1.80. The van der Waals surface area contributed by atoms with E-state index in [1.807, 2.05) is 11.4 Å². The van der Waals surface area contributed by atoms with Gasteiger partial charge >= 0.3 is 6.18 Å². The standard InChI is InChI=1S/C15H15F3N2O2S2/c1-9-7-24-14(19-9)20(8-15(16,17)18)12(21)6-11-13-10(2-4-22-11)3-5-23-13/h3,5,7,11H,2,4,6,8H2,1H3. The summed E-state index contributed by atoms with van der Waals surface area (Å²) in [7, 11) is 0. The molecule has 0 saturated heterocycles. The van der Waals surface area contributed by atoms with Crippen molar-refractivity contribution in [2.45, 2.75) is 32.0 Å². The first kappa shape index (κ1) is 17.4. The van der Waals surface area contributed by atoms with Crippen molar-refractivity contribution in [1.29, 1.82) is 0 Å². The van der Waals surface area contributed by atoms with Crippen molar-refractivity contribution in [2.24, 2.45) is 0 Å². The molecule has 1 aliphatic heterocycles. The fourth-order valence-electron chi connectivity index (χ4n) is 2.55. The summed E-state index contributed by atoms with van der Waals surface area (Å²) in [5.74, 6) is -0.632. The number of thiazole rings is 1. The number of fused-ring (bicyclic) bond motifs is 1. The molecule has 0 N–H and O–H groups in total. The van der Waals surface area contributed by atoms with Gasteiger partial charge in [-0.15, -0.1) is 22.7 Å². The zero-order valence-electron chi connectivity index (χ0n) is 12.8. The van der Waals surface area contributed by atoms with E-state index in [4.69, 9.17) is 4.74 Å². The van der Waals surface area contributed by atoms with Crippen LogP contribution in [0.1, 0.15) is 28.7 Å². The first-order chi connectivity index (χ1) is 11.3. The number of aromatic nitrogens is 1. The van der Waals surface area contributed by atoms with Crippen molar-refractivity contribution >= 4 is 33.7 Å². The van der Waals surface area contributed by atoms with Gasteiger partial charge in [-0.3, -0.25) is 9.69 Å². The molecule has 0 radical (unpaired) electrons. The Morgan fingerprint density at radius 2 is 2.25 bits per heavy atom. The van der Waals surface area contributed by atoms with Crippen LogP contribution in [0.4, 0.5) is 18.3 Å². The van der Waals surface area contributed by atoms with E-state index in [1.165, 1.54) is 11.3 Å². The molecular formula is C15H15F3N2O2S2. The molecule has 1 unspecified atom stereocenters. The van der Waals surface area contributed by atoms with E-state index in [1.54, 1.807) is 12.3 Å². The van der Waals surface area contributed by atoms with E-state index in [9.17, 15) is 18.0 Å². The number of hydrogen-bond acceptors (Lipinski definition) is 5. The van der Waals surface area contributed by atoms with Crippen molar-refractivity contribution in [3.63, 3.8) is 0 Å². The lowest BCUT2D eigenvalue weighted by molar-refractivity contribution is -0.134. The van der Waals surface area contributed by atoms with Crippen LogP contribution in [-0.4, -0.2) is 30.2 Å². The SMILES string of the molecule is Cc1csc(N(CC(F)(F)F)C(=O)CC2OCCc3ccsc32)n1. The number of amides is 1. The number of rotatable bonds is 4. The molecule has 1 atom stereocenters. The van der Waals surface area contributed by atoms with Gasteiger partial charge in [0.15, 0.2) is 5.13 Å². The van der Waals surface area contributed by atoms with Crippen LogP contribution < -0.4 is 4.90 Å². The van der Waals surface area contributed by atoms with E-state index < -0.39 is 24.7 Å². The Morgan fingerprint density at radius 1 is 1.46 bits per heavy atom. The molecule has 1 aliphatic rings. The number of nitrogens with zero attached hydrogens (tertiary/aromatic N) is 2. The van der Waals surface area contributed by atoms with Gasteiger partial charge in [0.25, 0.3) is 0 Å². The van der Waals surface area contributed by atoms with Gasteiger partial charge < -0.3 is 4.74 Å². The second-order valence-corrected chi connectivity index (χ2v) is 7.27. The van der Waals surface area contributed by atoms with Gasteiger partial charge in [-0.1, -0.05) is 0 Å². The van der Waals surface area contributed by atoms with Gasteiger partial charge in [0.2, 0.25) is 5.91 Å². The normalized spacial score (nSPS) is 17.6. The average Bonchev–Trinajstić information content (AvgIpc) is 3.13. The predicted octanol–water partition coefficient (Wildman–Crippen LogP) is 4.11. The summed E-state index contributed by atoms with van der Waals surface area (Å²) in [6.45, 7) is 0.804. The molecule has 0 aromatic carbocycles. The van der Waals surface area contributed by atoms with Crippen LogP contribution in [0.5, 0.6) is 0 Å². The second kappa shape index (κ2) is 6.81. The first-order valence-electron chi connectivity index (χ1n) is 7.30. The molecule has 3 heterocycles. The Morgan fingerprint density at radius 3 is 2.92 bits per heavy atom. The minimum absolute atomic E-state index is 0.0667. The number of aryl methyl sites for hydroxylation is 1. The third-order valence-corrected chi connectivity index (χ3v) is 5.63. The Bertz CT molecular complexity index is 726. The molecule has 0 aliphatic carbocycles. The molecule has 4 nitrogen and oxygen atoms in total. The summed E-state index contributed by atoms with van der Waals surface area (Å²) in [5, 5.41) is 3.60. The predicted molar refractivity (Wildman–Crippen MR) is 86.6 cm³/mol. The fourth-order valence-corrected chi connectivity index (χ4v) is 4.37. The topological polar surface area (TPSA) is 42.4 Å². The first-order valence-corrected chi connectivity index (χ1v) is 9.06. The molecule has 0 bridgehead atoms. The highest BCUT2D eigenvalue weighted by atomic mass is 32.1. The van der Waals surface area contributed by atoms with Crippen LogP contribution in [0.2, 0.25) is 0 Å². The fraction of sp³-hybridized carbons (Fsp3) is 0.467. The van der Waals surface area contributed by atoms with E-state index in [-0.39, 0.29) is 11.6 Å². The number of hydrogen-bond donors (Lipinski definition) is 0. The summed E-state index contributed by atoms with van der Waals surface area (Å²) < 4.78 is 44.3. The van der Waals surface area contributed by atoms with Gasteiger partial charge in [0.1, 0.15) is 12.6 Å². The van der Waals surface area contributed by atoms with Crippen LogP contribution in [0.3, 0.4) is 0 Å². The lowest BCUT2D eigenvalue weighted by atomic mass is 10.1. The van der Waals surface area contributed by atoms with Crippen LogP contribution in [-0.2, 0) is 16.0 Å². The lowest BCUT2D eigenvalue weighted by Crippen LogP contribution is -2.40. The van der Waals surface area contributed by atoms with Crippen molar-refractivity contribution in [3.8, 4) is 0 Å². The largest absolute Gasteiger partial charge is 0.406 e. The third-order valence-electron chi connectivity index (χ3n) is 3.60. The summed E-state index contributed by atoms with van der Waals surface area (Å²) >= 11 is 2.50. The maximum absolute atomic E-state index is 12.9. The maximum atomic E-state index is 12.9. The number of thiophene rings is 1. The molecule has 0 spiro atoms. The van der Waals surface area contributed by atoms with E-state index in [2.05, 4.69) is 4.98 Å².